The van der Waals surface area contributed by atoms with Crippen molar-refractivity contribution in [2.75, 3.05) is 25.1 Å². The second-order valence-electron chi connectivity index (χ2n) is 7.94. The molecule has 2 heterocycles. The van der Waals surface area contributed by atoms with Crippen LogP contribution in [0.2, 0.25) is 0 Å². The van der Waals surface area contributed by atoms with Crippen LogP contribution in [0.3, 0.4) is 0 Å². The van der Waals surface area contributed by atoms with E-state index in [2.05, 4.69) is 15.2 Å². The van der Waals surface area contributed by atoms with Crippen LogP contribution in [0, 0.1) is 6.92 Å². The lowest BCUT2D eigenvalue weighted by Gasteiger charge is -2.34. The fourth-order valence-corrected chi connectivity index (χ4v) is 4.83. The van der Waals surface area contributed by atoms with Crippen LogP contribution in [-0.2, 0) is 6.18 Å². The molecule has 1 fully saturated rings. The van der Waals surface area contributed by atoms with Crippen molar-refractivity contribution >= 4 is 22.9 Å². The van der Waals surface area contributed by atoms with Gasteiger partial charge in [0.1, 0.15) is 15.6 Å². The lowest BCUT2D eigenvalue weighted by Crippen LogP contribution is -2.44. The zero-order valence-electron chi connectivity index (χ0n) is 18.3. The van der Waals surface area contributed by atoms with Crippen molar-refractivity contribution in [3.63, 3.8) is 0 Å². The molecule has 0 spiro atoms. The second-order valence-corrected chi connectivity index (χ2v) is 8.94. The number of carbonyl (C=O) groups excluding carboxylic acids is 1. The Kier molecular flexibility index (Phi) is 6.60. The number of hydrogen-bond donors (Lipinski definition) is 1. The Morgan fingerprint density at radius 3 is 2.30 bits per heavy atom. The number of nitrogens with zero attached hydrogens (tertiary/aromatic N) is 2. The number of hydrogen-bond acceptors (Lipinski definition) is 5. The first-order valence-corrected chi connectivity index (χ1v) is 11.4. The zero-order chi connectivity index (χ0) is 23.6. The summed E-state index contributed by atoms with van der Waals surface area (Å²) in [7, 11) is 1.64. The summed E-state index contributed by atoms with van der Waals surface area (Å²) < 4.78 is 43.6. The molecule has 0 radical (unpaired) electrons. The number of aryl methyl sites for hydroxylation is 1. The minimum Gasteiger partial charge on any atom is -0.497 e. The second kappa shape index (κ2) is 9.43. The van der Waals surface area contributed by atoms with Gasteiger partial charge in [0.05, 0.1) is 18.4 Å². The number of benzene rings is 2. The van der Waals surface area contributed by atoms with Gasteiger partial charge in [0, 0.05) is 30.4 Å². The van der Waals surface area contributed by atoms with E-state index in [0.717, 1.165) is 49.5 Å². The van der Waals surface area contributed by atoms with Crippen LogP contribution >= 0.6 is 11.3 Å². The number of nitrogens with one attached hydrogen (secondary N) is 1. The van der Waals surface area contributed by atoms with Gasteiger partial charge in [-0.15, -0.1) is 11.3 Å². The van der Waals surface area contributed by atoms with Crippen LogP contribution in [0.25, 0.3) is 10.6 Å². The SMILES string of the molecule is COc1ccc(N2CCC(NC(=O)c3sc(-c4ccc(C(F)(F)F)cc4)nc3C)CC2)cc1. The molecular formula is C24H24F3N3O2S. The summed E-state index contributed by atoms with van der Waals surface area (Å²) in [4.78, 5) is 20.0. The minimum absolute atomic E-state index is 0.0583. The van der Waals surface area contributed by atoms with E-state index in [0.29, 0.717) is 21.1 Å². The first kappa shape index (κ1) is 23.1. The fourth-order valence-electron chi connectivity index (χ4n) is 3.86. The third-order valence-corrected chi connectivity index (χ3v) is 6.94. The van der Waals surface area contributed by atoms with Gasteiger partial charge in [0.25, 0.3) is 5.91 Å². The van der Waals surface area contributed by atoms with E-state index in [9.17, 15) is 18.0 Å². The van der Waals surface area contributed by atoms with Gasteiger partial charge in [-0.05, 0) is 56.2 Å². The molecule has 1 aromatic heterocycles. The molecule has 0 saturated carbocycles. The normalized spacial score (nSPS) is 14.9. The van der Waals surface area contributed by atoms with E-state index < -0.39 is 11.7 Å². The quantitative estimate of drug-likeness (QED) is 0.526. The molecule has 2 aromatic carbocycles. The number of aromatic nitrogens is 1. The van der Waals surface area contributed by atoms with E-state index in [1.54, 1.807) is 14.0 Å². The van der Waals surface area contributed by atoms with Gasteiger partial charge in [-0.25, -0.2) is 4.98 Å². The maximum atomic E-state index is 12.9. The number of carbonyl (C=O) groups is 1. The highest BCUT2D eigenvalue weighted by atomic mass is 32.1. The maximum absolute atomic E-state index is 12.9. The average molecular weight is 476 g/mol. The topological polar surface area (TPSA) is 54.5 Å². The smallest absolute Gasteiger partial charge is 0.416 e. The number of thiazole rings is 1. The van der Waals surface area contributed by atoms with Crippen LogP contribution in [0.5, 0.6) is 5.75 Å². The van der Waals surface area contributed by atoms with Gasteiger partial charge in [0.2, 0.25) is 0 Å². The van der Waals surface area contributed by atoms with Crippen molar-refractivity contribution < 1.29 is 22.7 Å². The predicted molar refractivity (Wildman–Crippen MR) is 123 cm³/mol. The highest BCUT2D eigenvalue weighted by molar-refractivity contribution is 7.17. The molecule has 0 aliphatic carbocycles. The molecule has 0 bridgehead atoms. The van der Waals surface area contributed by atoms with Crippen molar-refractivity contribution in [3.05, 3.63) is 64.7 Å². The number of ether oxygens (including phenoxy) is 1. The van der Waals surface area contributed by atoms with Gasteiger partial charge in [-0.2, -0.15) is 13.2 Å². The molecule has 0 atom stereocenters. The Morgan fingerprint density at radius 2 is 1.73 bits per heavy atom. The minimum atomic E-state index is -4.38. The first-order chi connectivity index (χ1) is 15.7. The monoisotopic (exact) mass is 475 g/mol. The molecule has 1 saturated heterocycles. The maximum Gasteiger partial charge on any atom is 0.416 e. The average Bonchev–Trinajstić information content (AvgIpc) is 3.21. The number of halogens is 3. The predicted octanol–water partition coefficient (Wildman–Crippen LogP) is 5.54. The molecule has 4 rings (SSSR count). The number of methoxy groups -OCH3 is 1. The van der Waals surface area contributed by atoms with E-state index in [4.69, 9.17) is 4.74 Å². The van der Waals surface area contributed by atoms with Crippen LogP contribution in [0.1, 0.15) is 33.8 Å². The lowest BCUT2D eigenvalue weighted by molar-refractivity contribution is -0.137. The lowest BCUT2D eigenvalue weighted by atomic mass is 10.0. The molecule has 1 amide bonds. The van der Waals surface area contributed by atoms with Crippen molar-refractivity contribution in [3.8, 4) is 16.3 Å². The number of alkyl halides is 3. The molecule has 1 aliphatic rings. The Labute approximate surface area is 194 Å². The summed E-state index contributed by atoms with van der Waals surface area (Å²) in [5.74, 6) is 0.627. The molecule has 33 heavy (non-hydrogen) atoms. The molecular weight excluding hydrogens is 451 g/mol. The number of piperidine rings is 1. The number of anilines is 1. The van der Waals surface area contributed by atoms with E-state index in [1.807, 2.05) is 24.3 Å². The van der Waals surface area contributed by atoms with Crippen LogP contribution in [0.4, 0.5) is 18.9 Å². The van der Waals surface area contributed by atoms with Crippen LogP contribution in [0.15, 0.2) is 48.5 Å². The third kappa shape index (κ3) is 5.30. The highest BCUT2D eigenvalue weighted by Crippen LogP contribution is 2.33. The number of amides is 1. The van der Waals surface area contributed by atoms with Gasteiger partial charge < -0.3 is 15.0 Å². The van der Waals surface area contributed by atoms with Gasteiger partial charge in [0.15, 0.2) is 0 Å². The Balaban J connectivity index is 1.37. The van der Waals surface area contributed by atoms with Gasteiger partial charge in [-0.3, -0.25) is 4.79 Å². The number of rotatable bonds is 5. The Bertz CT molecular complexity index is 1100. The molecule has 1 N–H and O–H groups in total. The molecule has 174 valence electrons. The zero-order valence-corrected chi connectivity index (χ0v) is 19.1. The van der Waals surface area contributed by atoms with Crippen molar-refractivity contribution in [2.45, 2.75) is 32.0 Å². The van der Waals surface area contributed by atoms with Crippen molar-refractivity contribution in [1.82, 2.24) is 10.3 Å². The van der Waals surface area contributed by atoms with Crippen molar-refractivity contribution in [1.29, 1.82) is 0 Å². The molecule has 1 aliphatic heterocycles. The summed E-state index contributed by atoms with van der Waals surface area (Å²) in [6.07, 6.45) is -2.74. The summed E-state index contributed by atoms with van der Waals surface area (Å²) >= 11 is 1.20. The highest BCUT2D eigenvalue weighted by Gasteiger charge is 2.30. The summed E-state index contributed by atoms with van der Waals surface area (Å²) in [6, 6.07) is 12.8. The third-order valence-electron chi connectivity index (χ3n) is 5.73. The first-order valence-electron chi connectivity index (χ1n) is 10.6. The molecule has 3 aromatic rings. The van der Waals surface area contributed by atoms with Crippen molar-refractivity contribution in [2.24, 2.45) is 0 Å². The van der Waals surface area contributed by atoms with E-state index in [1.165, 1.54) is 23.5 Å². The van der Waals surface area contributed by atoms with E-state index >= 15 is 0 Å². The Morgan fingerprint density at radius 1 is 1.09 bits per heavy atom. The van der Waals surface area contributed by atoms with Gasteiger partial charge in [-0.1, -0.05) is 12.1 Å². The molecule has 0 unspecified atom stereocenters. The summed E-state index contributed by atoms with van der Waals surface area (Å²) in [5, 5.41) is 3.62. The summed E-state index contributed by atoms with van der Waals surface area (Å²) in [5.41, 5.74) is 1.55. The van der Waals surface area contributed by atoms with E-state index in [-0.39, 0.29) is 11.9 Å². The molecule has 5 nitrogen and oxygen atoms in total. The standard InChI is InChI=1S/C24H24F3N3O2S/c1-15-21(33-23(28-15)16-3-5-17(6-4-16)24(25,26)27)22(31)29-18-11-13-30(14-12-18)19-7-9-20(32-2)10-8-19/h3-10,18H,11-14H2,1-2H3,(H,29,31). The Hall–Kier alpha value is -3.07. The fraction of sp³-hybridized carbons (Fsp3) is 0.333. The summed E-state index contributed by atoms with van der Waals surface area (Å²) in [6.45, 7) is 3.40. The van der Waals surface area contributed by atoms with Crippen LogP contribution < -0.4 is 15.0 Å². The largest absolute Gasteiger partial charge is 0.497 e. The molecule has 9 heteroatoms. The van der Waals surface area contributed by atoms with Gasteiger partial charge >= 0.3 is 6.18 Å². The van der Waals surface area contributed by atoms with Crippen LogP contribution in [-0.4, -0.2) is 37.1 Å².